The van der Waals surface area contributed by atoms with Crippen LogP contribution >= 0.6 is 0 Å². The van der Waals surface area contributed by atoms with Crippen molar-refractivity contribution in [2.45, 2.75) is 58.4 Å². The van der Waals surface area contributed by atoms with Crippen molar-refractivity contribution in [1.82, 2.24) is 0 Å². The highest BCUT2D eigenvalue weighted by Gasteiger charge is 2.43. The van der Waals surface area contributed by atoms with Crippen molar-refractivity contribution in [1.29, 1.82) is 0 Å². The van der Waals surface area contributed by atoms with Gasteiger partial charge in [0, 0.05) is 12.6 Å². The molecule has 0 aromatic heterocycles. The number of hydrogen-bond donors (Lipinski definition) is 2. The predicted octanol–water partition coefficient (Wildman–Crippen LogP) is 2.30. The fraction of sp³-hybridized carbons (Fsp3) is 1.00. The smallest absolute Gasteiger partial charge is 0.0474 e. The molecule has 84 valence electrons. The number of hydrogen-bond acceptors (Lipinski definition) is 2. The van der Waals surface area contributed by atoms with E-state index in [0.717, 1.165) is 12.8 Å². The van der Waals surface area contributed by atoms with Crippen molar-refractivity contribution in [2.24, 2.45) is 17.1 Å². The molecule has 0 saturated heterocycles. The lowest BCUT2D eigenvalue weighted by atomic mass is 9.59. The Bertz CT molecular complexity index is 160. The molecule has 0 bridgehead atoms. The third kappa shape index (κ3) is 2.12. The molecule has 0 heterocycles. The van der Waals surface area contributed by atoms with Crippen LogP contribution in [0.5, 0.6) is 0 Å². The van der Waals surface area contributed by atoms with Crippen molar-refractivity contribution in [2.75, 3.05) is 6.61 Å². The van der Waals surface area contributed by atoms with Crippen LogP contribution in [0.15, 0.2) is 0 Å². The molecule has 0 radical (unpaired) electrons. The van der Waals surface area contributed by atoms with E-state index >= 15 is 0 Å². The van der Waals surface area contributed by atoms with Gasteiger partial charge in [-0.1, -0.05) is 26.7 Å². The summed E-state index contributed by atoms with van der Waals surface area (Å²) in [6.07, 6.45) is 7.23. The molecule has 2 heteroatoms. The van der Waals surface area contributed by atoms with Gasteiger partial charge in [-0.3, -0.25) is 0 Å². The van der Waals surface area contributed by atoms with Gasteiger partial charge in [-0.05, 0) is 37.0 Å². The summed E-state index contributed by atoms with van der Waals surface area (Å²) >= 11 is 0. The van der Waals surface area contributed by atoms with Gasteiger partial charge < -0.3 is 10.8 Å². The van der Waals surface area contributed by atoms with E-state index in [1.807, 2.05) is 0 Å². The van der Waals surface area contributed by atoms with Crippen LogP contribution in [0, 0.1) is 11.3 Å². The van der Waals surface area contributed by atoms with Crippen molar-refractivity contribution >= 4 is 0 Å². The monoisotopic (exact) mass is 199 g/mol. The van der Waals surface area contributed by atoms with Crippen molar-refractivity contribution in [3.63, 3.8) is 0 Å². The average Bonchev–Trinajstić information content (AvgIpc) is 2.13. The molecule has 0 aliphatic heterocycles. The summed E-state index contributed by atoms with van der Waals surface area (Å²) in [5, 5.41) is 9.33. The van der Waals surface area contributed by atoms with Crippen LogP contribution in [-0.2, 0) is 0 Å². The molecule has 2 unspecified atom stereocenters. The highest BCUT2D eigenvalue weighted by molar-refractivity contribution is 4.97. The van der Waals surface area contributed by atoms with Crippen LogP contribution in [-0.4, -0.2) is 17.8 Å². The molecule has 2 nitrogen and oxygen atoms in total. The topological polar surface area (TPSA) is 46.2 Å². The third-order valence-corrected chi connectivity index (χ3v) is 4.16. The molecule has 1 aliphatic carbocycles. The van der Waals surface area contributed by atoms with Gasteiger partial charge in [0.25, 0.3) is 0 Å². The van der Waals surface area contributed by atoms with Crippen LogP contribution in [0.25, 0.3) is 0 Å². The molecule has 1 rings (SSSR count). The molecule has 14 heavy (non-hydrogen) atoms. The van der Waals surface area contributed by atoms with E-state index in [1.165, 1.54) is 25.7 Å². The lowest BCUT2D eigenvalue weighted by molar-refractivity contribution is 0.0366. The summed E-state index contributed by atoms with van der Waals surface area (Å²) < 4.78 is 0. The van der Waals surface area contributed by atoms with E-state index in [2.05, 4.69) is 13.8 Å². The summed E-state index contributed by atoms with van der Waals surface area (Å²) in [4.78, 5) is 0. The highest BCUT2D eigenvalue weighted by Crippen LogP contribution is 2.48. The Morgan fingerprint density at radius 2 is 2.00 bits per heavy atom. The Hall–Kier alpha value is -0.0800. The summed E-state index contributed by atoms with van der Waals surface area (Å²) in [6.45, 7) is 4.66. The molecule has 1 fully saturated rings. The molecular formula is C12H25NO. The van der Waals surface area contributed by atoms with Gasteiger partial charge in [0.15, 0.2) is 0 Å². The second-order valence-corrected chi connectivity index (χ2v) is 4.83. The normalized spacial score (nSPS) is 24.0. The van der Waals surface area contributed by atoms with E-state index in [4.69, 9.17) is 5.73 Å². The minimum atomic E-state index is 0.214. The first-order valence-corrected chi connectivity index (χ1v) is 6.06. The molecule has 0 spiro atoms. The number of rotatable bonds is 6. The van der Waals surface area contributed by atoms with Gasteiger partial charge in [-0.25, -0.2) is 0 Å². The summed E-state index contributed by atoms with van der Waals surface area (Å²) in [6, 6.07) is 0.214. The second kappa shape index (κ2) is 5.13. The van der Waals surface area contributed by atoms with Crippen LogP contribution in [0.4, 0.5) is 0 Å². The van der Waals surface area contributed by atoms with Crippen molar-refractivity contribution < 1.29 is 5.11 Å². The van der Waals surface area contributed by atoms with Gasteiger partial charge in [-0.2, -0.15) is 0 Å². The van der Waals surface area contributed by atoms with E-state index in [9.17, 15) is 5.11 Å². The maximum Gasteiger partial charge on any atom is 0.0474 e. The standard InChI is InChI=1S/C12H25NO/c1-3-6-10(9-14)11(13)12(4-2)7-5-8-12/h10-11,14H,3-9,13H2,1-2H3. The summed E-state index contributed by atoms with van der Waals surface area (Å²) in [5.74, 6) is 0.320. The molecule has 1 saturated carbocycles. The van der Waals surface area contributed by atoms with E-state index in [-0.39, 0.29) is 12.6 Å². The van der Waals surface area contributed by atoms with Gasteiger partial charge in [0.1, 0.15) is 0 Å². The van der Waals surface area contributed by atoms with E-state index < -0.39 is 0 Å². The van der Waals surface area contributed by atoms with Gasteiger partial charge in [-0.15, -0.1) is 0 Å². The van der Waals surface area contributed by atoms with E-state index in [1.54, 1.807) is 0 Å². The molecule has 0 aromatic rings. The minimum absolute atomic E-state index is 0.214. The molecule has 2 atom stereocenters. The second-order valence-electron chi connectivity index (χ2n) is 4.83. The first-order chi connectivity index (χ1) is 6.70. The van der Waals surface area contributed by atoms with Gasteiger partial charge in [0.2, 0.25) is 0 Å². The van der Waals surface area contributed by atoms with Crippen molar-refractivity contribution in [3.05, 3.63) is 0 Å². The zero-order chi connectivity index (χ0) is 10.6. The summed E-state index contributed by atoms with van der Waals surface area (Å²) in [5.41, 5.74) is 6.67. The van der Waals surface area contributed by atoms with Gasteiger partial charge >= 0.3 is 0 Å². The zero-order valence-corrected chi connectivity index (χ0v) is 9.63. The number of nitrogens with two attached hydrogens (primary N) is 1. The fourth-order valence-electron chi connectivity index (χ4n) is 2.81. The molecule has 0 amide bonds. The Labute approximate surface area is 87.9 Å². The molecule has 3 N–H and O–H groups in total. The molecule has 0 aromatic carbocycles. The lowest BCUT2D eigenvalue weighted by Gasteiger charge is -2.48. The lowest BCUT2D eigenvalue weighted by Crippen LogP contribution is -2.51. The quantitative estimate of drug-likeness (QED) is 0.689. The van der Waals surface area contributed by atoms with E-state index in [0.29, 0.717) is 11.3 Å². The maximum atomic E-state index is 9.33. The van der Waals surface area contributed by atoms with Crippen LogP contribution in [0.3, 0.4) is 0 Å². The first-order valence-electron chi connectivity index (χ1n) is 6.06. The van der Waals surface area contributed by atoms with Gasteiger partial charge in [0.05, 0.1) is 0 Å². The number of aliphatic hydroxyl groups is 1. The Kier molecular flexibility index (Phi) is 4.39. The fourth-order valence-corrected chi connectivity index (χ4v) is 2.81. The zero-order valence-electron chi connectivity index (χ0n) is 9.63. The van der Waals surface area contributed by atoms with Crippen LogP contribution in [0.1, 0.15) is 52.4 Å². The SMILES string of the molecule is CCCC(CO)C(N)C1(CC)CCC1. The van der Waals surface area contributed by atoms with Crippen LogP contribution < -0.4 is 5.73 Å². The Morgan fingerprint density at radius 3 is 2.29 bits per heavy atom. The largest absolute Gasteiger partial charge is 0.396 e. The first kappa shape index (κ1) is 12.0. The predicted molar refractivity (Wildman–Crippen MR) is 60.0 cm³/mol. The average molecular weight is 199 g/mol. The number of aliphatic hydroxyl groups excluding tert-OH is 1. The van der Waals surface area contributed by atoms with Crippen molar-refractivity contribution in [3.8, 4) is 0 Å². The Morgan fingerprint density at radius 1 is 1.36 bits per heavy atom. The molecule has 1 aliphatic rings. The highest BCUT2D eigenvalue weighted by atomic mass is 16.3. The maximum absolute atomic E-state index is 9.33. The molecular weight excluding hydrogens is 174 g/mol. The van der Waals surface area contributed by atoms with Crippen LogP contribution in [0.2, 0.25) is 0 Å². The summed E-state index contributed by atoms with van der Waals surface area (Å²) in [7, 11) is 0. The minimum Gasteiger partial charge on any atom is -0.396 e. The third-order valence-electron chi connectivity index (χ3n) is 4.16. The Balaban J connectivity index is 2.55.